The molecule has 140 valence electrons. The Morgan fingerprint density at radius 2 is 1.88 bits per heavy atom. The summed E-state index contributed by atoms with van der Waals surface area (Å²) in [6.45, 7) is 6.02. The van der Waals surface area contributed by atoms with Crippen molar-refractivity contribution in [3.8, 4) is 5.75 Å². The van der Waals surface area contributed by atoms with Gasteiger partial charge in [-0.3, -0.25) is 9.55 Å². The highest BCUT2D eigenvalue weighted by atomic mass is 35.5. The quantitative estimate of drug-likeness (QED) is 0.774. The van der Waals surface area contributed by atoms with Gasteiger partial charge in [-0.25, -0.2) is 0 Å². The molecule has 0 saturated heterocycles. The van der Waals surface area contributed by atoms with Gasteiger partial charge < -0.3 is 10.1 Å². The Balaban J connectivity index is 0.000000197. The average Bonchev–Trinajstić information content (AvgIpc) is 3.08. The van der Waals surface area contributed by atoms with Crippen LogP contribution in [0.4, 0.5) is 0 Å². The lowest BCUT2D eigenvalue weighted by Crippen LogP contribution is -2.25. The number of aliphatic imine (C=N–C) groups is 1. The van der Waals surface area contributed by atoms with E-state index in [-0.39, 0.29) is 4.90 Å². The second kappa shape index (κ2) is 9.02. The van der Waals surface area contributed by atoms with E-state index >= 15 is 0 Å². The second-order valence-corrected chi connectivity index (χ2v) is 7.55. The van der Waals surface area contributed by atoms with Crippen LogP contribution in [0.1, 0.15) is 11.1 Å². The summed E-state index contributed by atoms with van der Waals surface area (Å²) in [5, 5.41) is 3.79. The minimum Gasteiger partial charge on any atom is -0.484 e. The van der Waals surface area contributed by atoms with E-state index < -0.39 is 10.1 Å². The van der Waals surface area contributed by atoms with Crippen molar-refractivity contribution in [2.75, 3.05) is 19.7 Å². The standard InChI is InChI=1S/C11H13ClN2O.C7H8O3S/c1-8-3-2-4-9(12)11(8)15-7-10-13-5-6-14-10;1-6-2-4-7(5-3-6)11(8,9)10/h2-4H,5-7H2,1H3,(H,13,14);2-5H,1H3,(H,8,9,10). The number of nitrogens with one attached hydrogen (secondary N) is 1. The van der Waals surface area contributed by atoms with Gasteiger partial charge >= 0.3 is 0 Å². The van der Waals surface area contributed by atoms with Crippen molar-refractivity contribution in [3.63, 3.8) is 0 Å². The second-order valence-electron chi connectivity index (χ2n) is 5.72. The van der Waals surface area contributed by atoms with Gasteiger partial charge in [-0.1, -0.05) is 41.4 Å². The van der Waals surface area contributed by atoms with Crippen LogP contribution < -0.4 is 10.1 Å². The van der Waals surface area contributed by atoms with Crippen molar-refractivity contribution < 1.29 is 17.7 Å². The van der Waals surface area contributed by atoms with Crippen molar-refractivity contribution in [2.24, 2.45) is 4.99 Å². The SMILES string of the molecule is Cc1ccc(S(=O)(=O)O)cc1.Cc1cccc(Cl)c1OCC1=NCCN1. The minimum atomic E-state index is -4.02. The molecule has 6 nitrogen and oxygen atoms in total. The molecule has 8 heteroatoms. The summed E-state index contributed by atoms with van der Waals surface area (Å²) in [5.74, 6) is 1.64. The Morgan fingerprint density at radius 3 is 2.42 bits per heavy atom. The third-order valence-corrected chi connectivity index (χ3v) is 4.74. The molecular weight excluding hydrogens is 376 g/mol. The molecule has 0 aliphatic carbocycles. The first-order valence-electron chi connectivity index (χ1n) is 7.96. The Labute approximate surface area is 158 Å². The molecular formula is C18H21ClN2O4S. The van der Waals surface area contributed by atoms with Crippen LogP contribution in [0.15, 0.2) is 52.4 Å². The van der Waals surface area contributed by atoms with Gasteiger partial charge in [0.05, 0.1) is 16.5 Å². The van der Waals surface area contributed by atoms with E-state index in [9.17, 15) is 8.42 Å². The molecule has 0 bridgehead atoms. The number of halogens is 1. The Kier molecular flexibility index (Phi) is 7.02. The van der Waals surface area contributed by atoms with E-state index in [0.29, 0.717) is 11.6 Å². The van der Waals surface area contributed by atoms with Crippen molar-refractivity contribution in [1.82, 2.24) is 5.32 Å². The topological polar surface area (TPSA) is 88.0 Å². The lowest BCUT2D eigenvalue weighted by atomic mass is 10.2. The molecule has 0 aromatic heterocycles. The number of amidine groups is 1. The fourth-order valence-corrected chi connectivity index (χ4v) is 2.95. The van der Waals surface area contributed by atoms with Crippen LogP contribution in [0.2, 0.25) is 5.02 Å². The zero-order valence-electron chi connectivity index (χ0n) is 14.6. The van der Waals surface area contributed by atoms with Gasteiger partial charge in [0.1, 0.15) is 18.2 Å². The highest BCUT2D eigenvalue weighted by molar-refractivity contribution is 7.85. The molecule has 0 atom stereocenters. The Hall–Kier alpha value is -2.09. The number of nitrogens with zero attached hydrogens (tertiary/aromatic N) is 1. The molecule has 1 heterocycles. The van der Waals surface area contributed by atoms with Crippen LogP contribution in [-0.2, 0) is 10.1 Å². The molecule has 0 spiro atoms. The Morgan fingerprint density at radius 1 is 1.19 bits per heavy atom. The first kappa shape index (κ1) is 20.2. The average molecular weight is 397 g/mol. The summed E-state index contributed by atoms with van der Waals surface area (Å²) in [6.07, 6.45) is 0. The highest BCUT2D eigenvalue weighted by Gasteiger charge is 2.09. The molecule has 1 aliphatic rings. The zero-order chi connectivity index (χ0) is 19.2. The van der Waals surface area contributed by atoms with E-state index in [2.05, 4.69) is 10.3 Å². The van der Waals surface area contributed by atoms with Crippen molar-refractivity contribution in [1.29, 1.82) is 0 Å². The van der Waals surface area contributed by atoms with Gasteiger partial charge in [-0.15, -0.1) is 0 Å². The zero-order valence-corrected chi connectivity index (χ0v) is 16.1. The van der Waals surface area contributed by atoms with Gasteiger partial charge in [-0.05, 0) is 37.6 Å². The summed E-state index contributed by atoms with van der Waals surface area (Å²) in [5.41, 5.74) is 2.00. The van der Waals surface area contributed by atoms with Crippen LogP contribution in [-0.4, -0.2) is 38.5 Å². The molecule has 0 fully saturated rings. The lowest BCUT2D eigenvalue weighted by molar-refractivity contribution is 0.371. The van der Waals surface area contributed by atoms with Crippen LogP contribution >= 0.6 is 11.6 Å². The monoisotopic (exact) mass is 396 g/mol. The lowest BCUT2D eigenvalue weighted by Gasteiger charge is -2.10. The number of aryl methyl sites for hydroxylation is 2. The number of hydrogen-bond acceptors (Lipinski definition) is 5. The van der Waals surface area contributed by atoms with Crippen molar-refractivity contribution >= 4 is 27.6 Å². The first-order valence-corrected chi connectivity index (χ1v) is 9.78. The molecule has 2 aromatic carbocycles. The molecule has 0 amide bonds. The number of rotatable bonds is 4. The predicted molar refractivity (Wildman–Crippen MR) is 103 cm³/mol. The van der Waals surface area contributed by atoms with E-state index in [1.807, 2.05) is 32.0 Å². The normalized spacial score (nSPS) is 13.3. The summed E-state index contributed by atoms with van der Waals surface area (Å²) in [7, 11) is -4.02. The van der Waals surface area contributed by atoms with Crippen LogP contribution in [0.3, 0.4) is 0 Å². The van der Waals surface area contributed by atoms with Crippen molar-refractivity contribution in [2.45, 2.75) is 18.7 Å². The third kappa shape index (κ3) is 6.01. The maximum atomic E-state index is 10.5. The Bertz CT molecular complexity index is 860. The fourth-order valence-electron chi connectivity index (χ4n) is 2.19. The molecule has 0 radical (unpaired) electrons. The molecule has 2 aromatic rings. The number of hydrogen-bond donors (Lipinski definition) is 2. The maximum absolute atomic E-state index is 10.5. The summed E-state index contributed by atoms with van der Waals surface area (Å²) < 4.78 is 35.2. The van der Waals surface area contributed by atoms with Gasteiger partial charge in [0, 0.05) is 6.54 Å². The van der Waals surface area contributed by atoms with Crippen LogP contribution in [0, 0.1) is 13.8 Å². The molecule has 26 heavy (non-hydrogen) atoms. The van der Waals surface area contributed by atoms with E-state index in [1.165, 1.54) is 12.1 Å². The van der Waals surface area contributed by atoms with Gasteiger partial charge in [0.2, 0.25) is 0 Å². The smallest absolute Gasteiger partial charge is 0.294 e. The first-order chi connectivity index (χ1) is 12.3. The molecule has 0 saturated carbocycles. The molecule has 2 N–H and O–H groups in total. The third-order valence-electron chi connectivity index (χ3n) is 3.58. The van der Waals surface area contributed by atoms with Crippen molar-refractivity contribution in [3.05, 3.63) is 58.6 Å². The summed E-state index contributed by atoms with van der Waals surface area (Å²) >= 11 is 6.03. The number of benzene rings is 2. The molecule has 1 aliphatic heterocycles. The summed E-state index contributed by atoms with van der Waals surface area (Å²) in [4.78, 5) is 4.18. The minimum absolute atomic E-state index is 0.0666. The highest BCUT2D eigenvalue weighted by Crippen LogP contribution is 2.27. The number of ether oxygens (including phenoxy) is 1. The van der Waals surface area contributed by atoms with Gasteiger partial charge in [-0.2, -0.15) is 8.42 Å². The van der Waals surface area contributed by atoms with Crippen LogP contribution in [0.25, 0.3) is 0 Å². The maximum Gasteiger partial charge on any atom is 0.294 e. The van der Waals surface area contributed by atoms with E-state index in [4.69, 9.17) is 20.9 Å². The largest absolute Gasteiger partial charge is 0.484 e. The van der Waals surface area contributed by atoms with Crippen LogP contribution in [0.5, 0.6) is 5.75 Å². The molecule has 3 rings (SSSR count). The van der Waals surface area contributed by atoms with E-state index in [0.717, 1.165) is 35.8 Å². The fraction of sp³-hybridized carbons (Fsp3) is 0.278. The van der Waals surface area contributed by atoms with Gasteiger partial charge in [0.25, 0.3) is 10.1 Å². The number of para-hydroxylation sites is 1. The van der Waals surface area contributed by atoms with E-state index in [1.54, 1.807) is 12.1 Å². The summed E-state index contributed by atoms with van der Waals surface area (Å²) in [6, 6.07) is 11.7. The van der Waals surface area contributed by atoms with Gasteiger partial charge in [0.15, 0.2) is 0 Å². The molecule has 0 unspecified atom stereocenters. The predicted octanol–water partition coefficient (Wildman–Crippen LogP) is 3.27.